The summed E-state index contributed by atoms with van der Waals surface area (Å²) in [4.78, 5) is 29.9. The third-order valence-corrected chi connectivity index (χ3v) is 6.76. The molecule has 0 bridgehead atoms. The summed E-state index contributed by atoms with van der Waals surface area (Å²) in [5, 5.41) is 11.6. The number of hydrogen-bond acceptors (Lipinski definition) is 6. The first-order valence-corrected chi connectivity index (χ1v) is 12.2. The molecule has 1 N–H and O–H groups in total. The van der Waals surface area contributed by atoms with Gasteiger partial charge in [-0.15, -0.1) is 0 Å². The number of anilines is 1. The van der Waals surface area contributed by atoms with E-state index in [1.54, 1.807) is 0 Å². The summed E-state index contributed by atoms with van der Waals surface area (Å²) in [6.45, 7) is 8.13. The molecule has 1 heterocycles. The summed E-state index contributed by atoms with van der Waals surface area (Å²) in [5.74, 6) is -1.60. The van der Waals surface area contributed by atoms with Crippen LogP contribution in [0.15, 0.2) is 35.9 Å². The number of ketones is 1. The molecule has 7 nitrogen and oxygen atoms in total. The Labute approximate surface area is 215 Å². The third-order valence-electron chi connectivity index (χ3n) is 6.14. The quantitative estimate of drug-likeness (QED) is 0.260. The Kier molecular flexibility index (Phi) is 8.56. The molecule has 0 aliphatic carbocycles. The molecule has 0 radical (unpaired) electrons. The molecule has 3 rings (SSSR count). The lowest BCUT2D eigenvalue weighted by atomic mass is 9.94. The van der Waals surface area contributed by atoms with Gasteiger partial charge in [-0.1, -0.05) is 42.3 Å². The highest BCUT2D eigenvalue weighted by molar-refractivity contribution is 6.47. The minimum atomic E-state index is -0.779. The molecular weight excluding hydrogens is 491 g/mol. The number of aliphatic hydroxyl groups is 1. The van der Waals surface area contributed by atoms with E-state index in [1.807, 2.05) is 31.2 Å². The molecule has 0 saturated carbocycles. The second-order valence-electron chi connectivity index (χ2n) is 8.04. The van der Waals surface area contributed by atoms with Crippen LogP contribution < -0.4 is 14.4 Å². The highest BCUT2D eigenvalue weighted by Crippen LogP contribution is 2.47. The van der Waals surface area contributed by atoms with Crippen molar-refractivity contribution in [1.29, 1.82) is 0 Å². The number of halogens is 2. The summed E-state index contributed by atoms with van der Waals surface area (Å²) in [7, 11) is 2.79. The van der Waals surface area contributed by atoms with Crippen LogP contribution in [0, 0.1) is 0 Å². The van der Waals surface area contributed by atoms with Gasteiger partial charge in [-0.05, 0) is 44.0 Å². The number of methoxy groups -OCH3 is 2. The summed E-state index contributed by atoms with van der Waals surface area (Å²) >= 11 is 12.7. The second-order valence-corrected chi connectivity index (χ2v) is 8.83. The van der Waals surface area contributed by atoms with Crippen LogP contribution in [0.4, 0.5) is 5.69 Å². The molecule has 188 valence electrons. The van der Waals surface area contributed by atoms with Crippen molar-refractivity contribution in [1.82, 2.24) is 4.90 Å². The number of carbonyl (C=O) groups is 2. The fourth-order valence-electron chi connectivity index (χ4n) is 4.45. The Bertz CT molecular complexity index is 1140. The zero-order valence-electron chi connectivity index (χ0n) is 20.5. The van der Waals surface area contributed by atoms with Crippen molar-refractivity contribution < 1.29 is 24.2 Å². The standard InChI is InChI=1S/C26H30Cl2N2O5/c1-6-13-30-21(15-9-11-16(12-10-15)29(7-2)8-3)19(23(32)26(30)33)22(31)17-14-18(27)25(35-5)20(28)24(17)34-4/h9-12,14,21,31H,6-8,13H2,1-5H3/b22-19+. The Morgan fingerprint density at radius 2 is 1.63 bits per heavy atom. The fourth-order valence-corrected chi connectivity index (χ4v) is 5.13. The van der Waals surface area contributed by atoms with Crippen molar-refractivity contribution in [2.75, 3.05) is 38.8 Å². The number of ether oxygens (including phenoxy) is 2. The molecule has 1 amide bonds. The molecule has 1 saturated heterocycles. The predicted molar refractivity (Wildman–Crippen MR) is 139 cm³/mol. The number of nitrogens with zero attached hydrogens (tertiary/aromatic N) is 2. The van der Waals surface area contributed by atoms with Gasteiger partial charge in [0.25, 0.3) is 11.7 Å². The van der Waals surface area contributed by atoms with Gasteiger partial charge in [0, 0.05) is 25.3 Å². The highest BCUT2D eigenvalue weighted by atomic mass is 35.5. The third kappa shape index (κ3) is 4.80. The van der Waals surface area contributed by atoms with E-state index in [9.17, 15) is 14.7 Å². The lowest BCUT2D eigenvalue weighted by molar-refractivity contribution is -0.139. The maximum absolute atomic E-state index is 13.2. The minimum absolute atomic E-state index is 0.0466. The molecule has 9 heteroatoms. The van der Waals surface area contributed by atoms with Gasteiger partial charge in [-0.2, -0.15) is 0 Å². The molecule has 1 fully saturated rings. The van der Waals surface area contributed by atoms with E-state index < -0.39 is 23.5 Å². The van der Waals surface area contributed by atoms with Crippen molar-refractivity contribution in [3.05, 3.63) is 57.1 Å². The second kappa shape index (κ2) is 11.2. The van der Waals surface area contributed by atoms with Crippen LogP contribution >= 0.6 is 23.2 Å². The number of benzene rings is 2. The monoisotopic (exact) mass is 520 g/mol. The van der Waals surface area contributed by atoms with Crippen molar-refractivity contribution >= 4 is 46.3 Å². The van der Waals surface area contributed by atoms with Gasteiger partial charge < -0.3 is 24.4 Å². The number of rotatable bonds is 9. The van der Waals surface area contributed by atoms with E-state index in [4.69, 9.17) is 32.7 Å². The van der Waals surface area contributed by atoms with Crippen molar-refractivity contribution in [2.45, 2.75) is 33.2 Å². The maximum atomic E-state index is 13.2. The predicted octanol–water partition coefficient (Wildman–Crippen LogP) is 5.69. The van der Waals surface area contributed by atoms with Crippen LogP contribution in [0.3, 0.4) is 0 Å². The van der Waals surface area contributed by atoms with Gasteiger partial charge >= 0.3 is 0 Å². The topological polar surface area (TPSA) is 79.3 Å². The molecule has 1 aliphatic rings. The minimum Gasteiger partial charge on any atom is -0.507 e. The van der Waals surface area contributed by atoms with Crippen LogP contribution in [0.5, 0.6) is 11.5 Å². The average Bonchev–Trinajstić information content (AvgIpc) is 3.10. The van der Waals surface area contributed by atoms with E-state index in [1.165, 1.54) is 25.2 Å². The number of Topliss-reactive ketones (excluding diaryl/α,β-unsaturated/α-hetero) is 1. The Morgan fingerprint density at radius 1 is 1.03 bits per heavy atom. The lowest BCUT2D eigenvalue weighted by Crippen LogP contribution is -2.30. The summed E-state index contributed by atoms with van der Waals surface area (Å²) in [6.07, 6.45) is 0.643. The van der Waals surface area contributed by atoms with Crippen molar-refractivity contribution in [3.8, 4) is 11.5 Å². The zero-order valence-corrected chi connectivity index (χ0v) is 22.0. The molecule has 2 aromatic carbocycles. The van der Waals surface area contributed by atoms with Gasteiger partial charge in [0.05, 0.1) is 36.4 Å². The van der Waals surface area contributed by atoms with E-state index in [0.717, 1.165) is 18.8 Å². The summed E-state index contributed by atoms with van der Waals surface area (Å²) in [5.41, 5.74) is 1.79. The molecule has 0 aromatic heterocycles. The smallest absolute Gasteiger partial charge is 0.295 e. The lowest BCUT2D eigenvalue weighted by Gasteiger charge is -2.26. The molecule has 1 aliphatic heterocycles. The largest absolute Gasteiger partial charge is 0.507 e. The highest BCUT2D eigenvalue weighted by Gasteiger charge is 2.46. The number of aliphatic hydroxyl groups excluding tert-OH is 1. The van der Waals surface area contributed by atoms with Crippen LogP contribution in [-0.2, 0) is 9.59 Å². The SMILES string of the molecule is CCCN1C(=O)C(=O)/C(=C(/O)c2cc(Cl)c(OC)c(Cl)c2OC)C1c1ccc(N(CC)CC)cc1. The van der Waals surface area contributed by atoms with E-state index in [-0.39, 0.29) is 32.7 Å². The number of hydrogen-bond donors (Lipinski definition) is 1. The van der Waals surface area contributed by atoms with Crippen molar-refractivity contribution in [3.63, 3.8) is 0 Å². The number of likely N-dealkylation sites (tertiary alicyclic amines) is 1. The van der Waals surface area contributed by atoms with E-state index in [2.05, 4.69) is 18.7 Å². The molecule has 35 heavy (non-hydrogen) atoms. The summed E-state index contributed by atoms with van der Waals surface area (Å²) in [6, 6.07) is 8.31. The molecule has 1 unspecified atom stereocenters. The first kappa shape index (κ1) is 26.7. The van der Waals surface area contributed by atoms with Gasteiger partial charge in [-0.3, -0.25) is 9.59 Å². The van der Waals surface area contributed by atoms with Gasteiger partial charge in [-0.25, -0.2) is 0 Å². The Morgan fingerprint density at radius 3 is 2.14 bits per heavy atom. The Hall–Kier alpha value is -2.90. The first-order valence-electron chi connectivity index (χ1n) is 11.5. The molecule has 2 aromatic rings. The summed E-state index contributed by atoms with van der Waals surface area (Å²) < 4.78 is 10.6. The number of carbonyl (C=O) groups excluding carboxylic acids is 2. The molecule has 1 atom stereocenters. The van der Waals surface area contributed by atoms with Gasteiger partial charge in [0.1, 0.15) is 10.8 Å². The average molecular weight is 521 g/mol. The number of amides is 1. The van der Waals surface area contributed by atoms with Crippen LogP contribution in [0.2, 0.25) is 10.0 Å². The molecule has 0 spiro atoms. The van der Waals surface area contributed by atoms with E-state index in [0.29, 0.717) is 18.5 Å². The van der Waals surface area contributed by atoms with Gasteiger partial charge in [0.2, 0.25) is 0 Å². The van der Waals surface area contributed by atoms with Crippen LogP contribution in [0.1, 0.15) is 44.4 Å². The Balaban J connectivity index is 2.24. The van der Waals surface area contributed by atoms with E-state index >= 15 is 0 Å². The fraction of sp³-hybridized carbons (Fsp3) is 0.385. The first-order chi connectivity index (χ1) is 16.7. The van der Waals surface area contributed by atoms with Crippen molar-refractivity contribution in [2.24, 2.45) is 0 Å². The zero-order chi connectivity index (χ0) is 25.9. The van der Waals surface area contributed by atoms with Gasteiger partial charge in [0.15, 0.2) is 11.5 Å². The maximum Gasteiger partial charge on any atom is 0.295 e. The normalized spacial score (nSPS) is 17.1. The molecular formula is C26H30Cl2N2O5. The van der Waals surface area contributed by atoms with Crippen LogP contribution in [-0.4, -0.2) is 55.6 Å². The van der Waals surface area contributed by atoms with Crippen LogP contribution in [0.25, 0.3) is 5.76 Å².